The molecule has 2 rings (SSSR count). The van der Waals surface area contributed by atoms with E-state index in [2.05, 4.69) is 15.9 Å². The smallest absolute Gasteiger partial charge is 0.237 e. The molecule has 1 saturated heterocycles. The predicted molar refractivity (Wildman–Crippen MR) is 80.8 cm³/mol. The number of hydrogen-bond donors (Lipinski definition) is 1. The van der Waals surface area contributed by atoms with Crippen molar-refractivity contribution < 1.29 is 13.2 Å². The third kappa shape index (κ3) is 4.29. The normalized spacial score (nSPS) is 19.3. The molecule has 0 saturated carbocycles. The molecule has 0 aliphatic carbocycles. The summed E-state index contributed by atoms with van der Waals surface area (Å²) in [7, 11) is -3.46. The number of rotatable bonds is 4. The molecule has 0 bridgehead atoms. The van der Waals surface area contributed by atoms with E-state index in [0.717, 1.165) is 10.9 Å². The molecule has 110 valence electrons. The third-order valence-corrected chi connectivity index (χ3v) is 5.15. The Balaban J connectivity index is 1.99. The first kappa shape index (κ1) is 15.5. The van der Waals surface area contributed by atoms with Crippen LogP contribution in [-0.4, -0.2) is 44.1 Å². The lowest BCUT2D eigenvalue weighted by Gasteiger charge is -2.15. The lowest BCUT2D eigenvalue weighted by Crippen LogP contribution is -2.36. The number of benzene rings is 1. The maximum absolute atomic E-state index is 12.1. The fraction of sp³-hybridized carbons (Fsp3) is 0.462. The molecule has 1 amide bonds. The Morgan fingerprint density at radius 1 is 1.45 bits per heavy atom. The van der Waals surface area contributed by atoms with Gasteiger partial charge in [0, 0.05) is 23.6 Å². The van der Waals surface area contributed by atoms with Gasteiger partial charge in [0.2, 0.25) is 5.91 Å². The van der Waals surface area contributed by atoms with Crippen LogP contribution in [0.15, 0.2) is 28.7 Å². The molecule has 7 heteroatoms. The van der Waals surface area contributed by atoms with Crippen molar-refractivity contribution in [3.63, 3.8) is 0 Å². The van der Waals surface area contributed by atoms with Crippen LogP contribution >= 0.6 is 15.9 Å². The van der Waals surface area contributed by atoms with Crippen LogP contribution in [0.1, 0.15) is 12.0 Å². The van der Waals surface area contributed by atoms with E-state index >= 15 is 0 Å². The highest BCUT2D eigenvalue weighted by molar-refractivity contribution is 9.10. The number of hydrogen-bond acceptors (Lipinski definition) is 4. The van der Waals surface area contributed by atoms with Crippen LogP contribution in [-0.2, 0) is 20.4 Å². The van der Waals surface area contributed by atoms with Crippen LogP contribution < -0.4 is 5.73 Å². The van der Waals surface area contributed by atoms with Crippen molar-refractivity contribution in [2.45, 2.75) is 18.2 Å². The summed E-state index contributed by atoms with van der Waals surface area (Å²) in [5.41, 5.74) is 6.39. The van der Waals surface area contributed by atoms with E-state index in [1.807, 2.05) is 6.07 Å². The zero-order valence-corrected chi connectivity index (χ0v) is 13.4. The van der Waals surface area contributed by atoms with Gasteiger partial charge in [-0.2, -0.15) is 0 Å². The highest BCUT2D eigenvalue weighted by atomic mass is 79.9. The number of sulfone groups is 1. The van der Waals surface area contributed by atoms with Crippen LogP contribution in [0.5, 0.6) is 0 Å². The largest absolute Gasteiger partial charge is 0.340 e. The Hall–Kier alpha value is -0.920. The van der Waals surface area contributed by atoms with Gasteiger partial charge in [0.1, 0.15) is 5.75 Å². The summed E-state index contributed by atoms with van der Waals surface area (Å²) < 4.78 is 25.0. The summed E-state index contributed by atoms with van der Waals surface area (Å²) in [6, 6.07) is 7.04. The number of nitrogens with zero attached hydrogens (tertiary/aromatic N) is 1. The Morgan fingerprint density at radius 2 is 2.20 bits per heavy atom. The van der Waals surface area contributed by atoms with Crippen molar-refractivity contribution in [1.29, 1.82) is 0 Å². The van der Waals surface area contributed by atoms with Gasteiger partial charge in [-0.25, -0.2) is 8.42 Å². The van der Waals surface area contributed by atoms with E-state index in [1.165, 1.54) is 4.90 Å². The minimum atomic E-state index is -3.46. The van der Waals surface area contributed by atoms with E-state index in [4.69, 9.17) is 5.73 Å². The first-order chi connectivity index (χ1) is 9.35. The first-order valence-corrected chi connectivity index (χ1v) is 8.95. The molecule has 20 heavy (non-hydrogen) atoms. The number of carbonyl (C=O) groups excluding carboxylic acids is 1. The second-order valence-electron chi connectivity index (χ2n) is 5.05. The van der Waals surface area contributed by atoms with Crippen molar-refractivity contribution >= 4 is 31.7 Å². The topological polar surface area (TPSA) is 80.5 Å². The third-order valence-electron chi connectivity index (χ3n) is 3.20. The lowest BCUT2D eigenvalue weighted by atomic mass is 10.2. The Morgan fingerprint density at radius 3 is 2.80 bits per heavy atom. The molecule has 1 aromatic carbocycles. The molecule has 0 radical (unpaired) electrons. The summed E-state index contributed by atoms with van der Waals surface area (Å²) in [5.74, 6) is -0.933. The highest BCUT2D eigenvalue weighted by Crippen LogP contribution is 2.15. The number of amides is 1. The fourth-order valence-electron chi connectivity index (χ4n) is 2.22. The predicted octanol–water partition coefficient (Wildman–Crippen LogP) is 0.924. The quantitative estimate of drug-likeness (QED) is 0.865. The Labute approximate surface area is 127 Å². The van der Waals surface area contributed by atoms with E-state index in [1.54, 1.807) is 18.2 Å². The molecule has 1 aliphatic rings. The summed E-state index contributed by atoms with van der Waals surface area (Å²) in [6.07, 6.45) is 0.734. The maximum Gasteiger partial charge on any atom is 0.237 e. The van der Waals surface area contributed by atoms with Crippen LogP contribution in [0.3, 0.4) is 0 Å². The molecule has 2 N–H and O–H groups in total. The van der Waals surface area contributed by atoms with Crippen LogP contribution in [0.25, 0.3) is 0 Å². The van der Waals surface area contributed by atoms with Crippen molar-refractivity contribution in [1.82, 2.24) is 4.90 Å². The molecular formula is C13H17BrN2O3S. The minimum Gasteiger partial charge on any atom is -0.340 e. The molecule has 1 fully saturated rings. The molecule has 1 aliphatic heterocycles. The number of carbonyl (C=O) groups is 1. The highest BCUT2D eigenvalue weighted by Gasteiger charge is 2.27. The van der Waals surface area contributed by atoms with Crippen molar-refractivity contribution in [2.24, 2.45) is 5.73 Å². The van der Waals surface area contributed by atoms with Gasteiger partial charge in [-0.3, -0.25) is 4.79 Å². The molecule has 0 unspecified atom stereocenters. The average Bonchev–Trinajstić information content (AvgIpc) is 2.74. The monoisotopic (exact) mass is 360 g/mol. The number of halogens is 1. The summed E-state index contributed by atoms with van der Waals surface area (Å²) in [5, 5.41) is 0. The van der Waals surface area contributed by atoms with E-state index < -0.39 is 15.6 Å². The van der Waals surface area contributed by atoms with Gasteiger partial charge in [0.15, 0.2) is 9.84 Å². The average molecular weight is 361 g/mol. The van der Waals surface area contributed by atoms with Crippen LogP contribution in [0, 0.1) is 0 Å². The molecule has 0 aromatic heterocycles. The van der Waals surface area contributed by atoms with Crippen molar-refractivity contribution in [2.75, 3.05) is 18.8 Å². The second kappa shape index (κ2) is 6.24. The van der Waals surface area contributed by atoms with E-state index in [-0.39, 0.29) is 17.7 Å². The Bertz CT molecular complexity index is 603. The Kier molecular flexibility index (Phi) is 4.82. The van der Waals surface area contributed by atoms with Gasteiger partial charge in [-0.1, -0.05) is 28.1 Å². The van der Waals surface area contributed by atoms with Gasteiger partial charge >= 0.3 is 0 Å². The van der Waals surface area contributed by atoms with Gasteiger partial charge < -0.3 is 10.6 Å². The maximum atomic E-state index is 12.1. The molecule has 1 atom stereocenters. The fourth-order valence-corrected chi connectivity index (χ4v) is 4.02. The zero-order chi connectivity index (χ0) is 14.8. The zero-order valence-electron chi connectivity index (χ0n) is 11.0. The van der Waals surface area contributed by atoms with E-state index in [0.29, 0.717) is 18.7 Å². The van der Waals surface area contributed by atoms with Crippen molar-refractivity contribution in [3.05, 3.63) is 34.3 Å². The number of nitrogens with two attached hydrogens (primary N) is 1. The van der Waals surface area contributed by atoms with Crippen molar-refractivity contribution in [3.8, 4) is 0 Å². The molecule has 1 aromatic rings. The van der Waals surface area contributed by atoms with Gasteiger partial charge in [0.25, 0.3) is 0 Å². The first-order valence-electron chi connectivity index (χ1n) is 6.34. The van der Waals surface area contributed by atoms with Crippen LogP contribution in [0.4, 0.5) is 0 Å². The summed E-state index contributed by atoms with van der Waals surface area (Å²) in [4.78, 5) is 13.5. The standard InChI is InChI=1S/C13H17BrN2O3S/c14-11-3-1-2-10(6-11)8-20(18,19)9-13(17)16-5-4-12(15)7-16/h1-3,6,12H,4-5,7-9,15H2/t12-/m1/s1. The van der Waals surface area contributed by atoms with Gasteiger partial charge in [0.05, 0.1) is 5.75 Å². The molecule has 0 spiro atoms. The molecule has 5 nitrogen and oxygen atoms in total. The SMILES string of the molecule is N[C@@H]1CCN(C(=O)CS(=O)(=O)Cc2cccc(Br)c2)C1. The van der Waals surface area contributed by atoms with Gasteiger partial charge in [-0.15, -0.1) is 0 Å². The van der Waals surface area contributed by atoms with Gasteiger partial charge in [-0.05, 0) is 24.1 Å². The van der Waals surface area contributed by atoms with Crippen LogP contribution in [0.2, 0.25) is 0 Å². The number of likely N-dealkylation sites (tertiary alicyclic amines) is 1. The lowest BCUT2D eigenvalue weighted by molar-refractivity contribution is -0.127. The summed E-state index contributed by atoms with van der Waals surface area (Å²) in [6.45, 7) is 0.998. The molecular weight excluding hydrogens is 344 g/mol. The molecule has 1 heterocycles. The van der Waals surface area contributed by atoms with E-state index in [9.17, 15) is 13.2 Å². The second-order valence-corrected chi connectivity index (χ2v) is 8.03. The summed E-state index contributed by atoms with van der Waals surface area (Å²) >= 11 is 3.30. The minimum absolute atomic E-state index is 0.0354.